The third-order valence-electron chi connectivity index (χ3n) is 8.57. The molecule has 0 bridgehead atoms. The maximum atomic E-state index is 15.6. The van der Waals surface area contributed by atoms with Gasteiger partial charge >= 0.3 is 0 Å². The van der Waals surface area contributed by atoms with Crippen molar-refractivity contribution in [1.82, 2.24) is 14.8 Å². The Kier molecular flexibility index (Phi) is 8.96. The van der Waals surface area contributed by atoms with Gasteiger partial charge < -0.3 is 24.8 Å². The van der Waals surface area contributed by atoms with Gasteiger partial charge in [-0.1, -0.05) is 30.3 Å². The van der Waals surface area contributed by atoms with Crippen LogP contribution in [0.3, 0.4) is 0 Å². The molecule has 8 nitrogen and oxygen atoms in total. The fraction of sp³-hybridized carbons (Fsp3) is 0.286. The lowest BCUT2D eigenvalue weighted by Crippen LogP contribution is -2.37. The highest BCUT2D eigenvalue weighted by Gasteiger charge is 2.27. The monoisotopic (exact) mass is 596 g/mol. The number of amides is 2. The van der Waals surface area contributed by atoms with E-state index in [4.69, 9.17) is 4.74 Å². The Hall–Kier alpha value is -4.76. The summed E-state index contributed by atoms with van der Waals surface area (Å²) in [5.41, 5.74) is 5.89. The second-order valence-electron chi connectivity index (χ2n) is 11.2. The largest absolute Gasteiger partial charge is 0.496 e. The molecule has 3 aromatic carbocycles. The molecule has 0 spiro atoms. The first-order valence-electron chi connectivity index (χ1n) is 14.6. The standard InChI is InChI=1S/C35H37FN4O4/c1-21-25(23-17-30(36)29(32(18-23)44-5)20-37-19-24-14-15-33(41)40(24)4)9-6-10-26(21)27-11-7-13-31(22(27)2)38-34(42)28-12-8-16-39(3)35(28)43/h6-13,16-18,24,37H,14-15,19-20H2,1-5H3,(H,38,42)/t24-/m0/s1. The van der Waals surface area contributed by atoms with E-state index < -0.39 is 5.91 Å². The number of nitrogens with one attached hydrogen (secondary N) is 2. The van der Waals surface area contributed by atoms with Gasteiger partial charge in [0.25, 0.3) is 11.5 Å². The summed E-state index contributed by atoms with van der Waals surface area (Å²) < 4.78 is 22.5. The molecular formula is C35H37FN4O4. The van der Waals surface area contributed by atoms with E-state index in [9.17, 15) is 14.4 Å². The number of methoxy groups -OCH3 is 1. The van der Waals surface area contributed by atoms with Crippen molar-refractivity contribution in [3.63, 3.8) is 0 Å². The van der Waals surface area contributed by atoms with E-state index >= 15 is 4.39 Å². The van der Waals surface area contributed by atoms with E-state index in [1.165, 1.54) is 23.8 Å². The summed E-state index contributed by atoms with van der Waals surface area (Å²) in [6.07, 6.45) is 2.94. The summed E-state index contributed by atoms with van der Waals surface area (Å²) in [4.78, 5) is 39.0. The number of halogens is 1. The van der Waals surface area contributed by atoms with Crippen molar-refractivity contribution >= 4 is 17.5 Å². The van der Waals surface area contributed by atoms with Gasteiger partial charge in [0.2, 0.25) is 5.91 Å². The molecule has 9 heteroatoms. The summed E-state index contributed by atoms with van der Waals surface area (Å²) in [5.74, 6) is -0.271. The van der Waals surface area contributed by atoms with Gasteiger partial charge in [0, 0.05) is 57.1 Å². The van der Waals surface area contributed by atoms with Crippen LogP contribution in [-0.4, -0.2) is 48.0 Å². The number of ether oxygens (including phenoxy) is 1. The smallest absolute Gasteiger partial charge is 0.263 e. The number of carbonyl (C=O) groups excluding carboxylic acids is 2. The number of benzene rings is 3. The topological polar surface area (TPSA) is 92.7 Å². The van der Waals surface area contributed by atoms with E-state index in [-0.39, 0.29) is 35.4 Å². The average molecular weight is 597 g/mol. The predicted octanol–water partition coefficient (Wildman–Crippen LogP) is 5.45. The van der Waals surface area contributed by atoms with Crippen molar-refractivity contribution in [3.8, 4) is 28.0 Å². The molecule has 1 saturated heterocycles. The first-order chi connectivity index (χ1) is 21.1. The predicted molar refractivity (Wildman–Crippen MR) is 170 cm³/mol. The molecule has 1 aliphatic heterocycles. The Labute approximate surface area is 256 Å². The first kappa shape index (κ1) is 30.7. The highest BCUT2D eigenvalue weighted by atomic mass is 19.1. The molecule has 0 aliphatic carbocycles. The molecule has 4 aromatic rings. The quantitative estimate of drug-likeness (QED) is 0.268. The number of nitrogens with zero attached hydrogens (tertiary/aromatic N) is 2. The number of aryl methyl sites for hydroxylation is 1. The summed E-state index contributed by atoms with van der Waals surface area (Å²) in [6, 6.07) is 18.2. The van der Waals surface area contributed by atoms with Crippen LogP contribution in [0.4, 0.5) is 10.1 Å². The molecule has 228 valence electrons. The average Bonchev–Trinajstić information content (AvgIpc) is 3.32. The van der Waals surface area contributed by atoms with Crippen molar-refractivity contribution in [3.05, 3.63) is 105 Å². The molecule has 2 heterocycles. The van der Waals surface area contributed by atoms with Crippen molar-refractivity contribution in [2.45, 2.75) is 39.3 Å². The van der Waals surface area contributed by atoms with Crippen LogP contribution < -0.4 is 20.9 Å². The van der Waals surface area contributed by atoms with Crippen LogP contribution in [0.25, 0.3) is 22.3 Å². The molecule has 0 radical (unpaired) electrons. The number of rotatable bonds is 9. The summed E-state index contributed by atoms with van der Waals surface area (Å²) in [5, 5.41) is 6.18. The highest BCUT2D eigenvalue weighted by molar-refractivity contribution is 6.05. The Bertz CT molecular complexity index is 1800. The van der Waals surface area contributed by atoms with Crippen molar-refractivity contribution < 1.29 is 18.7 Å². The Balaban J connectivity index is 1.41. The van der Waals surface area contributed by atoms with Crippen LogP contribution >= 0.6 is 0 Å². The van der Waals surface area contributed by atoms with Crippen molar-refractivity contribution in [1.29, 1.82) is 0 Å². The zero-order valence-corrected chi connectivity index (χ0v) is 25.7. The molecule has 2 amide bonds. The second-order valence-corrected chi connectivity index (χ2v) is 11.2. The maximum absolute atomic E-state index is 15.6. The molecule has 0 unspecified atom stereocenters. The molecule has 1 aromatic heterocycles. The van der Waals surface area contributed by atoms with Gasteiger partial charge in [0.15, 0.2) is 0 Å². The van der Waals surface area contributed by atoms with Gasteiger partial charge in [-0.25, -0.2) is 4.39 Å². The van der Waals surface area contributed by atoms with E-state index in [1.54, 1.807) is 37.3 Å². The van der Waals surface area contributed by atoms with Crippen LogP contribution in [-0.2, 0) is 18.4 Å². The van der Waals surface area contributed by atoms with Gasteiger partial charge in [0.1, 0.15) is 17.1 Å². The summed E-state index contributed by atoms with van der Waals surface area (Å²) in [6.45, 7) is 4.76. The fourth-order valence-electron chi connectivity index (χ4n) is 5.85. The fourth-order valence-corrected chi connectivity index (χ4v) is 5.85. The van der Waals surface area contributed by atoms with E-state index in [0.717, 1.165) is 34.2 Å². The molecule has 2 N–H and O–H groups in total. The molecule has 44 heavy (non-hydrogen) atoms. The number of likely N-dealkylation sites (tertiary alicyclic amines) is 1. The molecule has 1 atom stereocenters. The first-order valence-corrected chi connectivity index (χ1v) is 14.6. The number of hydrogen-bond acceptors (Lipinski definition) is 5. The second kappa shape index (κ2) is 12.9. The Morgan fingerprint density at radius 1 is 0.977 bits per heavy atom. The summed E-state index contributed by atoms with van der Waals surface area (Å²) >= 11 is 0. The Morgan fingerprint density at radius 3 is 2.39 bits per heavy atom. The zero-order valence-electron chi connectivity index (χ0n) is 25.7. The van der Waals surface area contributed by atoms with E-state index in [0.29, 0.717) is 35.5 Å². The SMILES string of the molecule is COc1cc(-c2cccc(-c3cccc(NC(=O)c4cccn(C)c4=O)c3C)c2C)cc(F)c1CNC[C@@H]1CCC(=O)N1C. The molecule has 1 aliphatic rings. The maximum Gasteiger partial charge on any atom is 0.263 e. The number of anilines is 1. The molecule has 1 fully saturated rings. The lowest BCUT2D eigenvalue weighted by atomic mass is 9.90. The lowest BCUT2D eigenvalue weighted by molar-refractivity contribution is -0.127. The highest BCUT2D eigenvalue weighted by Crippen LogP contribution is 2.37. The number of pyridine rings is 1. The van der Waals surface area contributed by atoms with Crippen LogP contribution in [0, 0.1) is 19.7 Å². The lowest BCUT2D eigenvalue weighted by Gasteiger charge is -2.21. The minimum atomic E-state index is -0.474. The molecule has 5 rings (SSSR count). The third-order valence-corrected chi connectivity index (χ3v) is 8.57. The minimum Gasteiger partial charge on any atom is -0.496 e. The van der Waals surface area contributed by atoms with Gasteiger partial charge in [-0.3, -0.25) is 14.4 Å². The van der Waals surface area contributed by atoms with Gasteiger partial charge in [-0.2, -0.15) is 0 Å². The van der Waals surface area contributed by atoms with E-state index in [2.05, 4.69) is 10.6 Å². The van der Waals surface area contributed by atoms with Crippen molar-refractivity contribution in [2.75, 3.05) is 26.0 Å². The van der Waals surface area contributed by atoms with E-state index in [1.807, 2.05) is 50.2 Å². The van der Waals surface area contributed by atoms with Crippen LogP contribution in [0.5, 0.6) is 5.75 Å². The number of likely N-dealkylation sites (N-methyl/N-ethyl adjacent to an activating group) is 1. The van der Waals surface area contributed by atoms with Gasteiger partial charge in [-0.15, -0.1) is 0 Å². The number of carbonyl (C=O) groups is 2. The normalized spacial score (nSPS) is 14.6. The summed E-state index contributed by atoms with van der Waals surface area (Å²) in [7, 11) is 4.94. The minimum absolute atomic E-state index is 0.0635. The molecular weight excluding hydrogens is 559 g/mol. The zero-order chi connectivity index (χ0) is 31.5. The number of aromatic nitrogens is 1. The van der Waals surface area contributed by atoms with Gasteiger partial charge in [0.05, 0.1) is 7.11 Å². The Morgan fingerprint density at radius 2 is 1.68 bits per heavy atom. The van der Waals surface area contributed by atoms with Crippen LogP contribution in [0.2, 0.25) is 0 Å². The third kappa shape index (κ3) is 6.01. The molecule has 0 saturated carbocycles. The van der Waals surface area contributed by atoms with Crippen molar-refractivity contribution in [2.24, 2.45) is 7.05 Å². The van der Waals surface area contributed by atoms with Crippen LogP contribution in [0.1, 0.15) is 39.9 Å². The van der Waals surface area contributed by atoms with Gasteiger partial charge in [-0.05, 0) is 84.0 Å². The number of hydrogen-bond donors (Lipinski definition) is 2. The van der Waals surface area contributed by atoms with Crippen LogP contribution in [0.15, 0.2) is 71.7 Å².